The number of β-lactam (4-membered cyclic amide) rings is 1. The third kappa shape index (κ3) is 1.12. The van der Waals surface area contributed by atoms with E-state index < -0.39 is 0 Å². The van der Waals surface area contributed by atoms with Crippen molar-refractivity contribution in [2.75, 3.05) is 21.1 Å². The molecule has 1 N–H and O–H groups in total. The van der Waals surface area contributed by atoms with Crippen molar-refractivity contribution in [2.24, 2.45) is 5.41 Å². The Kier molecular flexibility index (Phi) is 1.95. The van der Waals surface area contributed by atoms with Crippen LogP contribution in [0.3, 0.4) is 0 Å². The van der Waals surface area contributed by atoms with Crippen LogP contribution in [0.2, 0.25) is 0 Å². The van der Waals surface area contributed by atoms with Crippen molar-refractivity contribution in [3.63, 3.8) is 0 Å². The molecule has 1 heterocycles. The van der Waals surface area contributed by atoms with Gasteiger partial charge < -0.3 is 9.80 Å². The smallest absolute Gasteiger partial charge is 0.238 e. The van der Waals surface area contributed by atoms with E-state index in [-0.39, 0.29) is 17.5 Å². The highest BCUT2D eigenvalue weighted by Gasteiger charge is 2.56. The first kappa shape index (κ1) is 9.52. The van der Waals surface area contributed by atoms with E-state index in [1.165, 1.54) is 0 Å². The molecule has 1 aliphatic rings. The van der Waals surface area contributed by atoms with Crippen LogP contribution in [0.4, 0.5) is 0 Å². The summed E-state index contributed by atoms with van der Waals surface area (Å²) in [6, 6.07) is 0. The molecule has 0 aromatic carbocycles. The topological polar surface area (TPSA) is 29.1 Å². The molecule has 1 rings (SSSR count). The Morgan fingerprint density at radius 2 is 2.00 bits per heavy atom. The van der Waals surface area contributed by atoms with E-state index in [1.54, 1.807) is 0 Å². The van der Waals surface area contributed by atoms with E-state index in [2.05, 4.69) is 33.4 Å². The molecule has 1 aliphatic heterocycles. The number of carbonyl (C=O) groups excluding carboxylic acids is 1. The normalized spacial score (nSPS) is 35.8. The van der Waals surface area contributed by atoms with Crippen LogP contribution in [-0.4, -0.2) is 37.7 Å². The highest BCUT2D eigenvalue weighted by molar-refractivity contribution is 5.88. The fourth-order valence-corrected chi connectivity index (χ4v) is 1.90. The number of amides is 1. The van der Waals surface area contributed by atoms with Gasteiger partial charge in [0.1, 0.15) is 5.41 Å². The maximum Gasteiger partial charge on any atom is 0.238 e. The van der Waals surface area contributed by atoms with Gasteiger partial charge in [0.2, 0.25) is 5.91 Å². The number of quaternary nitrogens is 1. The third-order valence-electron chi connectivity index (χ3n) is 2.90. The first-order valence-electron chi connectivity index (χ1n) is 4.44. The zero-order valence-corrected chi connectivity index (χ0v) is 8.64. The van der Waals surface area contributed by atoms with Crippen LogP contribution < -0.4 is 5.32 Å². The first-order valence-corrected chi connectivity index (χ1v) is 4.44. The van der Waals surface area contributed by atoms with Crippen LogP contribution in [0.15, 0.2) is 0 Å². The van der Waals surface area contributed by atoms with E-state index in [0.29, 0.717) is 0 Å². The van der Waals surface area contributed by atoms with E-state index in [0.717, 1.165) is 10.9 Å². The van der Waals surface area contributed by atoms with Crippen LogP contribution >= 0.6 is 0 Å². The molecule has 2 unspecified atom stereocenters. The number of rotatable bonds is 2. The summed E-state index contributed by atoms with van der Waals surface area (Å²) in [6.07, 6.45) is 1.19. The lowest BCUT2D eigenvalue weighted by Gasteiger charge is -2.51. The molecule has 0 spiro atoms. The summed E-state index contributed by atoms with van der Waals surface area (Å²) in [5, 5.41) is 2.96. The Morgan fingerprint density at radius 3 is 2.17 bits per heavy atom. The van der Waals surface area contributed by atoms with Gasteiger partial charge in [-0.1, -0.05) is 6.92 Å². The summed E-state index contributed by atoms with van der Waals surface area (Å²) in [6.45, 7) is 4.11. The van der Waals surface area contributed by atoms with E-state index in [1.807, 2.05) is 6.92 Å². The number of hydrogen-bond acceptors (Lipinski definition) is 1. The van der Waals surface area contributed by atoms with E-state index in [9.17, 15) is 4.79 Å². The van der Waals surface area contributed by atoms with Crippen molar-refractivity contribution in [1.82, 2.24) is 5.32 Å². The van der Waals surface area contributed by atoms with Gasteiger partial charge in [-0.25, -0.2) is 0 Å². The maximum atomic E-state index is 11.3. The van der Waals surface area contributed by atoms with Crippen LogP contribution in [0.25, 0.3) is 0 Å². The van der Waals surface area contributed by atoms with Crippen LogP contribution in [-0.2, 0) is 4.79 Å². The Balaban J connectivity index is 2.80. The Morgan fingerprint density at radius 1 is 1.50 bits per heavy atom. The second-order valence-electron chi connectivity index (χ2n) is 4.76. The molecule has 2 atom stereocenters. The SMILES string of the molecule is CCC1(C)C(=O)NC1[N+](C)(C)C. The maximum absolute atomic E-state index is 11.3. The molecular formula is C9H19N2O+. The molecular weight excluding hydrogens is 152 g/mol. The van der Waals surface area contributed by atoms with Gasteiger partial charge >= 0.3 is 0 Å². The van der Waals surface area contributed by atoms with Crippen molar-refractivity contribution in [2.45, 2.75) is 26.4 Å². The lowest BCUT2D eigenvalue weighted by Crippen LogP contribution is -2.75. The van der Waals surface area contributed by atoms with E-state index in [4.69, 9.17) is 0 Å². The summed E-state index contributed by atoms with van der Waals surface area (Å²) in [7, 11) is 6.33. The van der Waals surface area contributed by atoms with Crippen molar-refractivity contribution < 1.29 is 9.28 Å². The number of nitrogens with one attached hydrogen (secondary N) is 1. The predicted octanol–water partition coefficient (Wildman–Crippen LogP) is 0.565. The Bertz CT molecular complexity index is 207. The van der Waals surface area contributed by atoms with Crippen LogP contribution in [0.1, 0.15) is 20.3 Å². The van der Waals surface area contributed by atoms with Crippen LogP contribution in [0.5, 0.6) is 0 Å². The van der Waals surface area contributed by atoms with Crippen molar-refractivity contribution in [1.29, 1.82) is 0 Å². The molecule has 0 radical (unpaired) electrons. The number of hydrogen-bond donors (Lipinski definition) is 1. The van der Waals surface area contributed by atoms with Crippen molar-refractivity contribution >= 4 is 5.91 Å². The molecule has 0 saturated carbocycles. The fraction of sp³-hybridized carbons (Fsp3) is 0.889. The van der Waals surface area contributed by atoms with Gasteiger partial charge in [0.05, 0.1) is 21.1 Å². The fourth-order valence-electron chi connectivity index (χ4n) is 1.90. The summed E-state index contributed by atoms with van der Waals surface area (Å²) in [5.41, 5.74) is -0.155. The Hall–Kier alpha value is -0.570. The number of carbonyl (C=O) groups is 1. The average Bonchev–Trinajstić information content (AvgIpc) is 1.96. The molecule has 0 aromatic heterocycles. The molecule has 1 fully saturated rings. The standard InChI is InChI=1S/C9H18N2O/c1-6-9(2)7(10-8(9)12)11(3,4)5/h7H,6H2,1-5H3/p+1. The molecule has 0 aliphatic carbocycles. The predicted molar refractivity (Wildman–Crippen MR) is 48.4 cm³/mol. The highest BCUT2D eigenvalue weighted by Crippen LogP contribution is 2.37. The van der Waals surface area contributed by atoms with Crippen molar-refractivity contribution in [3.05, 3.63) is 0 Å². The molecule has 0 aromatic rings. The monoisotopic (exact) mass is 171 g/mol. The quantitative estimate of drug-likeness (QED) is 0.477. The lowest BCUT2D eigenvalue weighted by atomic mass is 9.75. The second kappa shape index (κ2) is 2.46. The molecule has 1 saturated heterocycles. The first-order chi connectivity index (χ1) is 5.32. The summed E-state index contributed by atoms with van der Waals surface area (Å²) >= 11 is 0. The zero-order chi connectivity index (χ0) is 9.57. The summed E-state index contributed by atoms with van der Waals surface area (Å²) < 4.78 is 0.802. The molecule has 1 amide bonds. The second-order valence-corrected chi connectivity index (χ2v) is 4.76. The van der Waals surface area contributed by atoms with Gasteiger partial charge in [-0.2, -0.15) is 0 Å². The molecule has 3 heteroatoms. The van der Waals surface area contributed by atoms with E-state index >= 15 is 0 Å². The average molecular weight is 171 g/mol. The largest absolute Gasteiger partial charge is 0.311 e. The number of nitrogens with zero attached hydrogens (tertiary/aromatic N) is 1. The molecule has 12 heavy (non-hydrogen) atoms. The summed E-state index contributed by atoms with van der Waals surface area (Å²) in [5.74, 6) is 0.197. The minimum absolute atomic E-state index is 0.155. The summed E-state index contributed by atoms with van der Waals surface area (Å²) in [4.78, 5) is 11.3. The van der Waals surface area contributed by atoms with Gasteiger partial charge in [-0.05, 0) is 13.3 Å². The minimum Gasteiger partial charge on any atom is -0.311 e. The third-order valence-corrected chi connectivity index (χ3v) is 2.90. The molecule has 3 nitrogen and oxygen atoms in total. The van der Waals surface area contributed by atoms with Gasteiger partial charge in [0.15, 0.2) is 6.17 Å². The van der Waals surface area contributed by atoms with Crippen molar-refractivity contribution in [3.8, 4) is 0 Å². The van der Waals surface area contributed by atoms with Gasteiger partial charge in [-0.15, -0.1) is 0 Å². The Labute approximate surface area is 74.3 Å². The molecule has 0 bridgehead atoms. The highest BCUT2D eigenvalue weighted by atomic mass is 16.2. The van der Waals surface area contributed by atoms with Crippen LogP contribution in [0, 0.1) is 5.41 Å². The van der Waals surface area contributed by atoms with Gasteiger partial charge in [0, 0.05) is 0 Å². The zero-order valence-electron chi connectivity index (χ0n) is 8.64. The van der Waals surface area contributed by atoms with Gasteiger partial charge in [-0.3, -0.25) is 4.79 Å². The minimum atomic E-state index is -0.155. The molecule has 70 valence electrons. The van der Waals surface area contributed by atoms with Gasteiger partial charge in [0.25, 0.3) is 0 Å². The lowest BCUT2D eigenvalue weighted by molar-refractivity contribution is -0.909.